The van der Waals surface area contributed by atoms with Crippen molar-refractivity contribution >= 4 is 5.97 Å². The fourth-order valence-corrected chi connectivity index (χ4v) is 4.00. The minimum atomic E-state index is -1.37. The highest BCUT2D eigenvalue weighted by molar-refractivity contribution is 5.89. The summed E-state index contributed by atoms with van der Waals surface area (Å²) in [5, 5.41) is 30.2. The summed E-state index contributed by atoms with van der Waals surface area (Å²) in [5.41, 5.74) is 2.62. The summed E-state index contributed by atoms with van der Waals surface area (Å²) in [5.74, 6) is -3.76. The van der Waals surface area contributed by atoms with Gasteiger partial charge in [-0.15, -0.1) is 0 Å². The first-order valence-corrected chi connectivity index (χ1v) is 8.69. The molecule has 3 aliphatic rings. The van der Waals surface area contributed by atoms with E-state index in [1.54, 1.807) is 0 Å². The van der Waals surface area contributed by atoms with E-state index in [0.717, 1.165) is 16.7 Å². The average Bonchev–Trinajstić information content (AvgIpc) is 3.08. The number of carbonyl (C=O) groups excluding carboxylic acids is 1. The topological polar surface area (TPSA) is 105 Å². The van der Waals surface area contributed by atoms with Crippen molar-refractivity contribution in [2.45, 2.75) is 65.1 Å². The van der Waals surface area contributed by atoms with Crippen LogP contribution in [-0.4, -0.2) is 52.0 Å². The molecule has 1 saturated heterocycles. The maximum Gasteiger partial charge on any atom is 0.377 e. The lowest BCUT2D eigenvalue weighted by Crippen LogP contribution is -2.52. The Morgan fingerprint density at radius 1 is 1.27 bits per heavy atom. The van der Waals surface area contributed by atoms with Crippen molar-refractivity contribution in [1.82, 2.24) is 0 Å². The Kier molecular flexibility index (Phi) is 4.45. The van der Waals surface area contributed by atoms with E-state index in [9.17, 15) is 20.1 Å². The summed E-state index contributed by atoms with van der Waals surface area (Å²) in [6.07, 6.45) is -0.421. The van der Waals surface area contributed by atoms with Crippen LogP contribution in [0.1, 0.15) is 41.0 Å². The fourth-order valence-electron chi connectivity index (χ4n) is 4.00. The normalized spacial score (nSPS) is 36.7. The molecule has 1 aliphatic carbocycles. The van der Waals surface area contributed by atoms with Gasteiger partial charge in [0.2, 0.25) is 11.5 Å². The number of allylic oxidation sites excluding steroid dienone is 3. The molecule has 144 valence electrons. The lowest BCUT2D eigenvalue weighted by atomic mass is 9.68. The Balaban J connectivity index is 1.98. The van der Waals surface area contributed by atoms with Crippen LogP contribution in [0, 0.1) is 5.41 Å². The molecule has 7 heteroatoms. The zero-order valence-corrected chi connectivity index (χ0v) is 15.7. The van der Waals surface area contributed by atoms with Crippen LogP contribution in [0.25, 0.3) is 0 Å². The van der Waals surface area contributed by atoms with Crippen molar-refractivity contribution in [3.8, 4) is 0 Å². The van der Waals surface area contributed by atoms with Crippen molar-refractivity contribution in [1.29, 1.82) is 0 Å². The largest absolute Gasteiger partial charge is 0.505 e. The fraction of sp³-hybridized carbons (Fsp3) is 0.632. The summed E-state index contributed by atoms with van der Waals surface area (Å²) >= 11 is 0. The third-order valence-corrected chi connectivity index (χ3v) is 5.30. The zero-order valence-electron chi connectivity index (χ0n) is 15.7. The lowest BCUT2D eigenvalue weighted by Gasteiger charge is -2.45. The molecule has 0 saturated carbocycles. The van der Waals surface area contributed by atoms with Gasteiger partial charge in [-0.2, -0.15) is 0 Å². The van der Waals surface area contributed by atoms with Crippen molar-refractivity contribution in [3.63, 3.8) is 0 Å². The monoisotopic (exact) mass is 366 g/mol. The molecule has 1 fully saturated rings. The minimum absolute atomic E-state index is 0.00617. The third kappa shape index (κ3) is 2.74. The van der Waals surface area contributed by atoms with Crippen LogP contribution in [0.3, 0.4) is 0 Å². The summed E-state index contributed by atoms with van der Waals surface area (Å²) in [6, 6.07) is 0. The van der Waals surface area contributed by atoms with E-state index in [1.807, 2.05) is 20.8 Å². The van der Waals surface area contributed by atoms with E-state index in [4.69, 9.17) is 14.2 Å². The zero-order chi connectivity index (χ0) is 19.4. The molecule has 0 aromatic heterocycles. The Morgan fingerprint density at radius 3 is 2.46 bits per heavy atom. The first-order chi connectivity index (χ1) is 12.0. The standard InChI is InChI=1S/C19H26O7/c1-9(2)6-11-10(3)19(13(20)7-18(11,4)5)24-8-12(26-19)16-14(21)15(22)17(23)25-16/h6,12-13,16,20-22H,7-8H2,1-5H3/t12?,13?,16-,19?/m1/s1. The van der Waals surface area contributed by atoms with Crippen LogP contribution in [-0.2, 0) is 19.0 Å². The highest BCUT2D eigenvalue weighted by Gasteiger charge is 2.58. The molecule has 1 spiro atoms. The van der Waals surface area contributed by atoms with E-state index in [1.165, 1.54) is 0 Å². The maximum absolute atomic E-state index is 11.5. The van der Waals surface area contributed by atoms with E-state index in [-0.39, 0.29) is 12.0 Å². The predicted octanol–water partition coefficient (Wildman–Crippen LogP) is 2.42. The van der Waals surface area contributed by atoms with Gasteiger partial charge in [0, 0.05) is 0 Å². The smallest absolute Gasteiger partial charge is 0.377 e. The van der Waals surface area contributed by atoms with Crippen LogP contribution in [0.15, 0.2) is 34.3 Å². The van der Waals surface area contributed by atoms with Gasteiger partial charge < -0.3 is 29.5 Å². The average molecular weight is 366 g/mol. The quantitative estimate of drug-likeness (QED) is 0.645. The Labute approximate surface area is 152 Å². The van der Waals surface area contributed by atoms with Gasteiger partial charge in [-0.05, 0) is 43.8 Å². The highest BCUT2D eigenvalue weighted by atomic mass is 16.8. The lowest BCUT2D eigenvalue weighted by molar-refractivity contribution is -0.220. The Morgan fingerprint density at radius 2 is 1.92 bits per heavy atom. The minimum Gasteiger partial charge on any atom is -0.505 e. The number of aliphatic hydroxyl groups is 3. The van der Waals surface area contributed by atoms with Crippen molar-refractivity contribution in [2.75, 3.05) is 6.61 Å². The Hall–Kier alpha value is -1.83. The van der Waals surface area contributed by atoms with Crippen LogP contribution < -0.4 is 0 Å². The molecule has 2 aliphatic heterocycles. The molecule has 26 heavy (non-hydrogen) atoms. The van der Waals surface area contributed by atoms with Crippen molar-refractivity contribution in [2.24, 2.45) is 5.41 Å². The van der Waals surface area contributed by atoms with Gasteiger partial charge in [-0.25, -0.2) is 4.79 Å². The number of aliphatic hydroxyl groups excluding tert-OH is 3. The molecule has 2 heterocycles. The first kappa shape index (κ1) is 18.9. The first-order valence-electron chi connectivity index (χ1n) is 8.69. The van der Waals surface area contributed by atoms with Crippen LogP contribution >= 0.6 is 0 Å². The summed E-state index contributed by atoms with van der Waals surface area (Å²) in [4.78, 5) is 11.5. The summed E-state index contributed by atoms with van der Waals surface area (Å²) < 4.78 is 16.9. The molecule has 3 unspecified atom stereocenters. The van der Waals surface area contributed by atoms with E-state index in [2.05, 4.69) is 19.9 Å². The van der Waals surface area contributed by atoms with Crippen molar-refractivity contribution < 1.29 is 34.3 Å². The summed E-state index contributed by atoms with van der Waals surface area (Å²) in [6.45, 7) is 9.97. The number of ether oxygens (including phenoxy) is 3. The second-order valence-electron chi connectivity index (χ2n) is 8.06. The van der Waals surface area contributed by atoms with E-state index < -0.39 is 41.6 Å². The van der Waals surface area contributed by atoms with Crippen LogP contribution in [0.2, 0.25) is 0 Å². The van der Waals surface area contributed by atoms with Crippen molar-refractivity contribution in [3.05, 3.63) is 34.3 Å². The van der Waals surface area contributed by atoms with Gasteiger partial charge in [0.1, 0.15) is 12.2 Å². The van der Waals surface area contributed by atoms with E-state index in [0.29, 0.717) is 6.42 Å². The molecular weight excluding hydrogens is 340 g/mol. The van der Waals surface area contributed by atoms with Gasteiger partial charge in [-0.1, -0.05) is 25.5 Å². The second kappa shape index (κ2) is 6.11. The third-order valence-electron chi connectivity index (χ3n) is 5.30. The van der Waals surface area contributed by atoms with Crippen LogP contribution in [0.5, 0.6) is 0 Å². The van der Waals surface area contributed by atoms with Gasteiger partial charge >= 0.3 is 5.97 Å². The molecule has 4 atom stereocenters. The number of hydrogen-bond donors (Lipinski definition) is 3. The maximum atomic E-state index is 11.5. The second-order valence-corrected chi connectivity index (χ2v) is 8.06. The molecule has 0 aromatic rings. The molecule has 0 radical (unpaired) electrons. The molecule has 0 bridgehead atoms. The Bertz CT molecular complexity index is 726. The molecule has 0 amide bonds. The predicted molar refractivity (Wildman–Crippen MR) is 92.3 cm³/mol. The highest BCUT2D eigenvalue weighted by Crippen LogP contribution is 2.50. The summed E-state index contributed by atoms with van der Waals surface area (Å²) in [7, 11) is 0. The molecule has 0 aromatic carbocycles. The van der Waals surface area contributed by atoms with E-state index >= 15 is 0 Å². The number of carbonyl (C=O) groups is 1. The molecular formula is C19H26O7. The number of rotatable bonds is 2. The van der Waals surface area contributed by atoms with Gasteiger partial charge in [0.25, 0.3) is 0 Å². The number of hydrogen-bond acceptors (Lipinski definition) is 7. The van der Waals surface area contributed by atoms with Gasteiger partial charge in [0.15, 0.2) is 11.9 Å². The number of cyclic esters (lactones) is 1. The molecule has 7 nitrogen and oxygen atoms in total. The van der Waals surface area contributed by atoms with Gasteiger partial charge in [0.05, 0.1) is 6.61 Å². The SMILES string of the molecule is CC(C)=CC1=C(C)C2(OCC([C@H]3OC(=O)C(O)=C3O)O2)C(O)CC1(C)C. The van der Waals surface area contributed by atoms with Gasteiger partial charge in [-0.3, -0.25) is 0 Å². The molecule has 3 rings (SSSR count). The number of esters is 1. The molecule has 3 N–H and O–H groups in total. The van der Waals surface area contributed by atoms with Crippen LogP contribution in [0.4, 0.5) is 0 Å².